The van der Waals surface area contributed by atoms with Crippen molar-refractivity contribution in [3.63, 3.8) is 0 Å². The van der Waals surface area contributed by atoms with Crippen LogP contribution in [0.4, 0.5) is 5.69 Å². The number of hydrogen-bond donors (Lipinski definition) is 1. The molecule has 3 rings (SSSR count). The maximum Gasteiger partial charge on any atom is 0.198 e. The van der Waals surface area contributed by atoms with Gasteiger partial charge in [-0.25, -0.2) is 4.98 Å². The van der Waals surface area contributed by atoms with Gasteiger partial charge in [-0.15, -0.1) is 0 Å². The van der Waals surface area contributed by atoms with Crippen molar-refractivity contribution < 1.29 is 4.42 Å². The number of aryl methyl sites for hydroxylation is 1. The summed E-state index contributed by atoms with van der Waals surface area (Å²) < 4.78 is 6.61. The number of halogens is 1. The molecule has 1 aromatic carbocycles. The average molecular weight is 293 g/mol. The van der Waals surface area contributed by atoms with Crippen molar-refractivity contribution in [3.8, 4) is 11.3 Å². The SMILES string of the molecule is Cc1oc(C2CC2)nc1-c1ccc(Br)c(N)c1. The van der Waals surface area contributed by atoms with Gasteiger partial charge in [-0.1, -0.05) is 6.07 Å². The van der Waals surface area contributed by atoms with Gasteiger partial charge in [0.1, 0.15) is 11.5 Å². The molecule has 17 heavy (non-hydrogen) atoms. The van der Waals surface area contributed by atoms with Gasteiger partial charge in [0, 0.05) is 21.6 Å². The van der Waals surface area contributed by atoms with Gasteiger partial charge in [0.2, 0.25) is 0 Å². The van der Waals surface area contributed by atoms with Gasteiger partial charge in [-0.2, -0.15) is 0 Å². The zero-order valence-electron chi connectivity index (χ0n) is 9.53. The lowest BCUT2D eigenvalue weighted by atomic mass is 10.1. The first-order valence-corrected chi connectivity index (χ1v) is 6.47. The lowest BCUT2D eigenvalue weighted by Gasteiger charge is -2.01. The van der Waals surface area contributed by atoms with Gasteiger partial charge in [0.15, 0.2) is 5.89 Å². The molecule has 0 saturated heterocycles. The number of nitrogen functional groups attached to an aromatic ring is 1. The van der Waals surface area contributed by atoms with Crippen LogP contribution in [0.5, 0.6) is 0 Å². The predicted molar refractivity (Wildman–Crippen MR) is 70.8 cm³/mol. The van der Waals surface area contributed by atoms with E-state index in [1.807, 2.05) is 25.1 Å². The Morgan fingerprint density at radius 1 is 1.41 bits per heavy atom. The van der Waals surface area contributed by atoms with Crippen molar-refractivity contribution >= 4 is 21.6 Å². The Bertz CT molecular complexity index is 573. The number of oxazole rings is 1. The quantitative estimate of drug-likeness (QED) is 0.855. The van der Waals surface area contributed by atoms with Gasteiger partial charge in [-0.3, -0.25) is 0 Å². The molecule has 1 fully saturated rings. The third-order valence-corrected chi connectivity index (χ3v) is 3.73. The molecule has 0 aliphatic heterocycles. The van der Waals surface area contributed by atoms with Crippen LogP contribution >= 0.6 is 15.9 Å². The highest BCUT2D eigenvalue weighted by Gasteiger charge is 2.29. The first kappa shape index (κ1) is 10.8. The molecule has 0 spiro atoms. The maximum absolute atomic E-state index is 5.88. The second kappa shape index (κ2) is 3.88. The zero-order chi connectivity index (χ0) is 12.0. The van der Waals surface area contributed by atoms with Crippen molar-refractivity contribution in [1.82, 2.24) is 4.98 Å². The number of nitrogens with two attached hydrogens (primary N) is 1. The maximum atomic E-state index is 5.88. The average Bonchev–Trinajstić information content (AvgIpc) is 3.07. The summed E-state index contributed by atoms with van der Waals surface area (Å²) in [5.41, 5.74) is 8.52. The highest BCUT2D eigenvalue weighted by Crippen LogP contribution is 2.41. The van der Waals surface area contributed by atoms with Crippen LogP contribution in [0.2, 0.25) is 0 Å². The predicted octanol–water partition coefficient (Wildman–Crippen LogP) is 3.87. The summed E-state index contributed by atoms with van der Waals surface area (Å²) in [6, 6.07) is 5.86. The molecular weight excluding hydrogens is 280 g/mol. The first-order chi connectivity index (χ1) is 8.15. The van der Waals surface area contributed by atoms with E-state index in [0.717, 1.165) is 33.1 Å². The van der Waals surface area contributed by atoms with E-state index in [-0.39, 0.29) is 0 Å². The number of benzene rings is 1. The number of rotatable bonds is 2. The molecule has 0 radical (unpaired) electrons. The number of anilines is 1. The van der Waals surface area contributed by atoms with E-state index in [4.69, 9.17) is 10.2 Å². The van der Waals surface area contributed by atoms with E-state index < -0.39 is 0 Å². The minimum Gasteiger partial charge on any atom is -0.445 e. The Hall–Kier alpha value is -1.29. The highest BCUT2D eigenvalue weighted by molar-refractivity contribution is 9.10. The van der Waals surface area contributed by atoms with Crippen molar-refractivity contribution in [1.29, 1.82) is 0 Å². The van der Waals surface area contributed by atoms with Crippen molar-refractivity contribution in [2.45, 2.75) is 25.7 Å². The molecule has 1 saturated carbocycles. The van der Waals surface area contributed by atoms with Gasteiger partial charge in [0.05, 0.1) is 0 Å². The van der Waals surface area contributed by atoms with Gasteiger partial charge in [-0.05, 0) is 47.8 Å². The topological polar surface area (TPSA) is 52.0 Å². The van der Waals surface area contributed by atoms with Gasteiger partial charge < -0.3 is 10.2 Å². The minimum absolute atomic E-state index is 0.537. The van der Waals surface area contributed by atoms with Crippen LogP contribution in [0, 0.1) is 6.92 Å². The summed E-state index contributed by atoms with van der Waals surface area (Å²) in [5.74, 6) is 2.28. The molecule has 1 aliphatic carbocycles. The second-order valence-electron chi connectivity index (χ2n) is 4.47. The molecule has 2 N–H and O–H groups in total. The monoisotopic (exact) mass is 292 g/mol. The molecule has 3 nitrogen and oxygen atoms in total. The fraction of sp³-hybridized carbons (Fsp3) is 0.308. The molecule has 0 atom stereocenters. The number of aromatic nitrogens is 1. The highest BCUT2D eigenvalue weighted by atomic mass is 79.9. The Morgan fingerprint density at radius 3 is 2.82 bits per heavy atom. The van der Waals surface area contributed by atoms with Gasteiger partial charge in [0.25, 0.3) is 0 Å². The third kappa shape index (κ3) is 1.97. The Kier molecular flexibility index (Phi) is 2.47. The Morgan fingerprint density at radius 2 is 2.18 bits per heavy atom. The standard InChI is InChI=1S/C13H13BrN2O/c1-7-12(16-13(17-7)8-2-3-8)9-4-5-10(14)11(15)6-9/h4-6,8H,2-3,15H2,1H3. The lowest BCUT2D eigenvalue weighted by Crippen LogP contribution is -1.89. The fourth-order valence-corrected chi connectivity index (χ4v) is 2.13. The van der Waals surface area contributed by atoms with Crippen LogP contribution in [0.1, 0.15) is 30.4 Å². The molecule has 1 aliphatic rings. The van der Waals surface area contributed by atoms with E-state index in [2.05, 4.69) is 20.9 Å². The second-order valence-corrected chi connectivity index (χ2v) is 5.32. The van der Waals surface area contributed by atoms with E-state index in [0.29, 0.717) is 5.92 Å². The van der Waals surface area contributed by atoms with Crippen molar-refractivity contribution in [2.24, 2.45) is 0 Å². The minimum atomic E-state index is 0.537. The first-order valence-electron chi connectivity index (χ1n) is 5.68. The smallest absolute Gasteiger partial charge is 0.198 e. The summed E-state index contributed by atoms with van der Waals surface area (Å²) in [6.07, 6.45) is 2.39. The Labute approximate surface area is 108 Å². The van der Waals surface area contributed by atoms with E-state index >= 15 is 0 Å². The van der Waals surface area contributed by atoms with Crippen molar-refractivity contribution in [3.05, 3.63) is 34.3 Å². The van der Waals surface area contributed by atoms with E-state index in [1.54, 1.807) is 0 Å². The van der Waals surface area contributed by atoms with Crippen LogP contribution in [-0.2, 0) is 0 Å². The van der Waals surface area contributed by atoms with Crippen LogP contribution in [0.25, 0.3) is 11.3 Å². The molecular formula is C13H13BrN2O. The summed E-state index contributed by atoms with van der Waals surface area (Å²) in [5, 5.41) is 0. The van der Waals surface area contributed by atoms with Crippen LogP contribution in [0.15, 0.2) is 27.1 Å². The molecule has 4 heteroatoms. The molecule has 1 heterocycles. The summed E-state index contributed by atoms with van der Waals surface area (Å²) in [6.45, 7) is 1.95. The Balaban J connectivity index is 2.04. The number of nitrogens with zero attached hydrogens (tertiary/aromatic N) is 1. The molecule has 0 unspecified atom stereocenters. The largest absolute Gasteiger partial charge is 0.445 e. The summed E-state index contributed by atoms with van der Waals surface area (Å²) in [4.78, 5) is 4.58. The molecule has 1 aromatic heterocycles. The van der Waals surface area contributed by atoms with Crippen LogP contribution in [-0.4, -0.2) is 4.98 Å². The van der Waals surface area contributed by atoms with E-state index in [9.17, 15) is 0 Å². The third-order valence-electron chi connectivity index (χ3n) is 3.01. The number of hydrogen-bond acceptors (Lipinski definition) is 3. The molecule has 88 valence electrons. The molecule has 2 aromatic rings. The van der Waals surface area contributed by atoms with E-state index in [1.165, 1.54) is 12.8 Å². The normalized spacial score (nSPS) is 15.2. The van der Waals surface area contributed by atoms with Crippen LogP contribution < -0.4 is 5.73 Å². The van der Waals surface area contributed by atoms with Gasteiger partial charge >= 0.3 is 0 Å². The summed E-state index contributed by atoms with van der Waals surface area (Å²) >= 11 is 3.39. The van der Waals surface area contributed by atoms with Crippen molar-refractivity contribution in [2.75, 3.05) is 5.73 Å². The molecule has 0 bridgehead atoms. The zero-order valence-corrected chi connectivity index (χ0v) is 11.1. The summed E-state index contributed by atoms with van der Waals surface area (Å²) in [7, 11) is 0. The lowest BCUT2D eigenvalue weighted by molar-refractivity contribution is 0.473. The molecule has 0 amide bonds. The van der Waals surface area contributed by atoms with Crippen LogP contribution in [0.3, 0.4) is 0 Å². The fourth-order valence-electron chi connectivity index (χ4n) is 1.88.